The first-order chi connectivity index (χ1) is 12.6. The topological polar surface area (TPSA) is 107 Å². The van der Waals surface area contributed by atoms with Crippen molar-refractivity contribution in [2.24, 2.45) is 0 Å². The summed E-state index contributed by atoms with van der Waals surface area (Å²) in [7, 11) is 0. The normalized spacial score (nSPS) is 20.9. The minimum absolute atomic E-state index is 0.0100. The highest BCUT2D eigenvalue weighted by Crippen LogP contribution is 2.36. The van der Waals surface area contributed by atoms with E-state index in [1.54, 1.807) is 5.38 Å². The lowest BCUT2D eigenvalue weighted by Crippen LogP contribution is -2.55. The number of benzene rings is 1. The summed E-state index contributed by atoms with van der Waals surface area (Å²) >= 11 is 1.41. The van der Waals surface area contributed by atoms with E-state index in [1.165, 1.54) is 11.3 Å². The molecule has 0 saturated carbocycles. The van der Waals surface area contributed by atoms with Gasteiger partial charge in [-0.3, -0.25) is 4.79 Å². The minimum Gasteiger partial charge on any atom is -0.479 e. The van der Waals surface area contributed by atoms with Gasteiger partial charge in [-0.05, 0) is 18.2 Å². The average molecular weight is 376 g/mol. The Morgan fingerprint density at radius 1 is 1.31 bits per heavy atom. The van der Waals surface area contributed by atoms with Gasteiger partial charge in [0.2, 0.25) is 12.7 Å². The first-order valence-electron chi connectivity index (χ1n) is 8.02. The second kappa shape index (κ2) is 6.58. The summed E-state index contributed by atoms with van der Waals surface area (Å²) in [6, 6.07) is 5.55. The fraction of sp³-hybridized carbons (Fsp3) is 0.353. The number of ether oxygens (including phenoxy) is 3. The van der Waals surface area contributed by atoms with Crippen molar-refractivity contribution in [2.45, 2.75) is 18.4 Å². The van der Waals surface area contributed by atoms with E-state index < -0.39 is 11.5 Å². The van der Waals surface area contributed by atoms with Crippen molar-refractivity contribution in [3.8, 4) is 22.1 Å². The SMILES string of the molecule is O=C(Cc1csc(-c2ccc3c(c2)OCO3)n1)NC1(C(=O)O)CCOC1. The van der Waals surface area contributed by atoms with Crippen LogP contribution in [0.3, 0.4) is 0 Å². The van der Waals surface area contributed by atoms with Crippen LogP contribution in [0.5, 0.6) is 11.5 Å². The number of thiazole rings is 1. The molecule has 1 aromatic heterocycles. The van der Waals surface area contributed by atoms with Crippen molar-refractivity contribution in [1.82, 2.24) is 10.3 Å². The number of hydrogen-bond donors (Lipinski definition) is 2. The maximum Gasteiger partial charge on any atom is 0.331 e. The molecular weight excluding hydrogens is 360 g/mol. The lowest BCUT2D eigenvalue weighted by molar-refractivity contribution is -0.147. The van der Waals surface area contributed by atoms with Gasteiger partial charge in [-0.15, -0.1) is 11.3 Å². The van der Waals surface area contributed by atoms with Gasteiger partial charge in [-0.1, -0.05) is 0 Å². The number of rotatable bonds is 5. The van der Waals surface area contributed by atoms with E-state index in [2.05, 4.69) is 10.3 Å². The first-order valence-corrected chi connectivity index (χ1v) is 8.90. The van der Waals surface area contributed by atoms with E-state index in [9.17, 15) is 14.7 Å². The molecule has 1 atom stereocenters. The van der Waals surface area contributed by atoms with Gasteiger partial charge < -0.3 is 24.6 Å². The highest BCUT2D eigenvalue weighted by molar-refractivity contribution is 7.13. The summed E-state index contributed by atoms with van der Waals surface area (Å²) < 4.78 is 15.8. The van der Waals surface area contributed by atoms with Crippen molar-refractivity contribution in [2.75, 3.05) is 20.0 Å². The van der Waals surface area contributed by atoms with Crippen LogP contribution in [0.15, 0.2) is 23.6 Å². The van der Waals surface area contributed by atoms with Gasteiger partial charge in [0.15, 0.2) is 17.0 Å². The zero-order chi connectivity index (χ0) is 18.1. The van der Waals surface area contributed by atoms with Crippen LogP contribution in [0.25, 0.3) is 10.6 Å². The Morgan fingerprint density at radius 2 is 2.15 bits per heavy atom. The van der Waals surface area contributed by atoms with E-state index in [0.29, 0.717) is 23.8 Å². The zero-order valence-corrected chi connectivity index (χ0v) is 14.5. The van der Waals surface area contributed by atoms with Crippen molar-refractivity contribution < 1.29 is 28.9 Å². The number of carbonyl (C=O) groups excluding carboxylic acids is 1. The zero-order valence-electron chi connectivity index (χ0n) is 13.7. The standard InChI is InChI=1S/C17H16N2O6S/c20-14(19-17(16(21)22)3-4-23-8-17)6-11-7-26-15(18-11)10-1-2-12-13(5-10)25-9-24-12/h1-2,5,7H,3-4,6,8-9H2,(H,19,20)(H,21,22). The molecule has 26 heavy (non-hydrogen) atoms. The summed E-state index contributed by atoms with van der Waals surface area (Å²) in [6.07, 6.45) is 0.268. The third-order valence-electron chi connectivity index (χ3n) is 4.32. The molecule has 2 aliphatic rings. The smallest absolute Gasteiger partial charge is 0.331 e. The number of nitrogens with one attached hydrogen (secondary N) is 1. The molecule has 8 nitrogen and oxygen atoms in total. The summed E-state index contributed by atoms with van der Waals surface area (Å²) in [4.78, 5) is 28.2. The maximum absolute atomic E-state index is 12.3. The van der Waals surface area contributed by atoms with Crippen molar-refractivity contribution in [3.63, 3.8) is 0 Å². The van der Waals surface area contributed by atoms with Crippen molar-refractivity contribution in [3.05, 3.63) is 29.3 Å². The summed E-state index contributed by atoms with van der Waals surface area (Å²) in [5.74, 6) is -0.104. The van der Waals surface area contributed by atoms with Crippen LogP contribution < -0.4 is 14.8 Å². The lowest BCUT2D eigenvalue weighted by Gasteiger charge is -2.23. The molecule has 2 aliphatic heterocycles. The van der Waals surface area contributed by atoms with Gasteiger partial charge in [0.05, 0.1) is 18.7 Å². The van der Waals surface area contributed by atoms with Crippen LogP contribution in [0.1, 0.15) is 12.1 Å². The third-order valence-corrected chi connectivity index (χ3v) is 5.26. The van der Waals surface area contributed by atoms with E-state index >= 15 is 0 Å². The predicted octanol–water partition coefficient (Wildman–Crippen LogP) is 1.44. The van der Waals surface area contributed by atoms with Gasteiger partial charge in [0.1, 0.15) is 5.01 Å². The number of amides is 1. The van der Waals surface area contributed by atoms with Gasteiger partial charge in [-0.2, -0.15) is 0 Å². The van der Waals surface area contributed by atoms with Gasteiger partial charge in [-0.25, -0.2) is 9.78 Å². The van der Waals surface area contributed by atoms with E-state index in [0.717, 1.165) is 10.6 Å². The second-order valence-corrected chi connectivity index (χ2v) is 6.98. The molecule has 1 saturated heterocycles. The Balaban J connectivity index is 1.45. The molecule has 0 spiro atoms. The number of carbonyl (C=O) groups is 2. The van der Waals surface area contributed by atoms with Crippen LogP contribution in [0.2, 0.25) is 0 Å². The summed E-state index contributed by atoms with van der Waals surface area (Å²) in [6.45, 7) is 0.502. The molecular formula is C17H16N2O6S. The number of aromatic nitrogens is 1. The van der Waals surface area contributed by atoms with Crippen LogP contribution in [0.4, 0.5) is 0 Å². The van der Waals surface area contributed by atoms with Crippen LogP contribution in [0, 0.1) is 0 Å². The van der Waals surface area contributed by atoms with Crippen molar-refractivity contribution >= 4 is 23.2 Å². The second-order valence-electron chi connectivity index (χ2n) is 6.13. The Bertz CT molecular complexity index is 859. The molecule has 0 radical (unpaired) electrons. The van der Waals surface area contributed by atoms with Crippen LogP contribution >= 0.6 is 11.3 Å². The molecule has 2 N–H and O–H groups in total. The highest BCUT2D eigenvalue weighted by Gasteiger charge is 2.43. The molecule has 9 heteroatoms. The molecule has 1 amide bonds. The Hall–Kier alpha value is -2.65. The molecule has 1 unspecified atom stereocenters. The molecule has 1 aromatic carbocycles. The Morgan fingerprint density at radius 3 is 2.92 bits per heavy atom. The summed E-state index contributed by atoms with van der Waals surface area (Å²) in [5.41, 5.74) is 0.115. The van der Waals surface area contributed by atoms with Crippen LogP contribution in [-0.2, 0) is 20.7 Å². The van der Waals surface area contributed by atoms with Gasteiger partial charge >= 0.3 is 5.97 Å². The molecule has 136 valence electrons. The number of aliphatic carboxylic acids is 1. The quantitative estimate of drug-likeness (QED) is 0.813. The van der Waals surface area contributed by atoms with Gasteiger partial charge in [0.25, 0.3) is 0 Å². The number of carboxylic acids is 1. The fourth-order valence-electron chi connectivity index (χ4n) is 2.91. The first kappa shape index (κ1) is 16.8. The monoisotopic (exact) mass is 376 g/mol. The molecule has 1 fully saturated rings. The predicted molar refractivity (Wildman–Crippen MR) is 91.3 cm³/mol. The molecule has 0 aliphatic carbocycles. The average Bonchev–Trinajstić information content (AvgIpc) is 3.34. The van der Waals surface area contributed by atoms with Crippen molar-refractivity contribution in [1.29, 1.82) is 0 Å². The minimum atomic E-state index is -1.34. The van der Waals surface area contributed by atoms with E-state index in [-0.39, 0.29) is 32.1 Å². The fourth-order valence-corrected chi connectivity index (χ4v) is 3.73. The number of carboxylic acid groups (broad SMARTS) is 1. The molecule has 4 rings (SSSR count). The summed E-state index contributed by atoms with van der Waals surface area (Å²) in [5, 5.41) is 14.5. The largest absolute Gasteiger partial charge is 0.479 e. The molecule has 0 bridgehead atoms. The third kappa shape index (κ3) is 3.11. The number of nitrogens with zero attached hydrogens (tertiary/aromatic N) is 1. The molecule has 3 heterocycles. The maximum atomic E-state index is 12.3. The highest BCUT2D eigenvalue weighted by atomic mass is 32.1. The van der Waals surface area contributed by atoms with Crippen LogP contribution in [-0.4, -0.2) is 47.5 Å². The number of fused-ring (bicyclic) bond motifs is 1. The number of hydrogen-bond acceptors (Lipinski definition) is 7. The Kier molecular flexibility index (Phi) is 4.25. The molecule has 2 aromatic rings. The van der Waals surface area contributed by atoms with Gasteiger partial charge in [0, 0.05) is 24.0 Å². The van der Waals surface area contributed by atoms with E-state index in [4.69, 9.17) is 14.2 Å². The van der Waals surface area contributed by atoms with E-state index in [1.807, 2.05) is 18.2 Å². The lowest BCUT2D eigenvalue weighted by atomic mass is 9.99. The Labute approximate surface area is 152 Å².